The van der Waals surface area contributed by atoms with Crippen LogP contribution < -0.4 is 5.73 Å². The molecule has 96 valence electrons. The van der Waals surface area contributed by atoms with Crippen molar-refractivity contribution >= 4 is 17.2 Å². The fraction of sp³-hybridized carbons (Fsp3) is 0.667. The number of likely N-dealkylation sites (N-methyl/N-ethyl adjacent to an activating group) is 1. The zero-order valence-corrected chi connectivity index (χ0v) is 11.8. The molecule has 0 aromatic carbocycles. The zero-order valence-electron chi connectivity index (χ0n) is 10.9. The molecular formula is C12H21N3OS. The molecule has 4 nitrogen and oxygen atoms in total. The van der Waals surface area contributed by atoms with Crippen LogP contribution in [0.5, 0.6) is 0 Å². The van der Waals surface area contributed by atoms with Crippen LogP contribution in [-0.2, 0) is 17.8 Å². The summed E-state index contributed by atoms with van der Waals surface area (Å²) in [6.07, 6.45) is 2.78. The van der Waals surface area contributed by atoms with Crippen LogP contribution in [0.3, 0.4) is 0 Å². The summed E-state index contributed by atoms with van der Waals surface area (Å²) in [6, 6.07) is -0.418. The van der Waals surface area contributed by atoms with E-state index in [9.17, 15) is 4.79 Å². The van der Waals surface area contributed by atoms with Gasteiger partial charge >= 0.3 is 0 Å². The predicted molar refractivity (Wildman–Crippen MR) is 70.8 cm³/mol. The number of nitrogens with two attached hydrogens (primary N) is 1. The molecule has 1 aromatic heterocycles. The molecule has 1 atom stereocenters. The average Bonchev–Trinajstić information content (AvgIpc) is 2.74. The first kappa shape index (κ1) is 14.1. The van der Waals surface area contributed by atoms with E-state index in [1.807, 2.05) is 20.0 Å². The van der Waals surface area contributed by atoms with Crippen LogP contribution in [0, 0.1) is 5.92 Å². The Labute approximate surface area is 107 Å². The Kier molecular flexibility index (Phi) is 5.08. The van der Waals surface area contributed by atoms with E-state index in [1.165, 1.54) is 0 Å². The Morgan fingerprint density at radius 1 is 1.59 bits per heavy atom. The number of nitrogens with zero attached hydrogens (tertiary/aromatic N) is 2. The first-order valence-corrected chi connectivity index (χ1v) is 6.71. The number of aromatic nitrogens is 1. The van der Waals surface area contributed by atoms with Crippen LogP contribution >= 0.6 is 11.3 Å². The lowest BCUT2D eigenvalue weighted by atomic mass is 10.0. The van der Waals surface area contributed by atoms with Gasteiger partial charge in [0.15, 0.2) is 0 Å². The monoisotopic (exact) mass is 255 g/mol. The van der Waals surface area contributed by atoms with Crippen LogP contribution in [0.15, 0.2) is 6.20 Å². The first-order chi connectivity index (χ1) is 7.95. The predicted octanol–water partition coefficient (Wildman–Crippen LogP) is 1.65. The van der Waals surface area contributed by atoms with E-state index in [0.29, 0.717) is 6.54 Å². The molecule has 2 N–H and O–H groups in total. The Balaban J connectivity index is 2.59. The summed E-state index contributed by atoms with van der Waals surface area (Å²) in [4.78, 5) is 19.0. The van der Waals surface area contributed by atoms with Gasteiger partial charge in [-0.15, -0.1) is 11.3 Å². The van der Waals surface area contributed by atoms with Gasteiger partial charge in [-0.2, -0.15) is 0 Å². The van der Waals surface area contributed by atoms with Crippen molar-refractivity contribution in [3.63, 3.8) is 0 Å². The summed E-state index contributed by atoms with van der Waals surface area (Å²) in [5.74, 6) is 0.157. The third-order valence-corrected chi connectivity index (χ3v) is 3.80. The van der Waals surface area contributed by atoms with Crippen molar-refractivity contribution in [2.75, 3.05) is 7.05 Å². The van der Waals surface area contributed by atoms with E-state index in [0.717, 1.165) is 16.3 Å². The molecule has 0 bridgehead atoms. The second kappa shape index (κ2) is 6.12. The van der Waals surface area contributed by atoms with Gasteiger partial charge in [-0.25, -0.2) is 4.98 Å². The summed E-state index contributed by atoms with van der Waals surface area (Å²) in [6.45, 7) is 6.58. The molecule has 0 spiro atoms. The minimum absolute atomic E-state index is 0.00792. The van der Waals surface area contributed by atoms with Crippen molar-refractivity contribution in [1.82, 2.24) is 9.88 Å². The molecule has 0 unspecified atom stereocenters. The highest BCUT2D eigenvalue weighted by Gasteiger charge is 2.21. The van der Waals surface area contributed by atoms with Crippen molar-refractivity contribution in [2.24, 2.45) is 11.7 Å². The van der Waals surface area contributed by atoms with Gasteiger partial charge in [-0.05, 0) is 12.3 Å². The molecule has 0 fully saturated rings. The van der Waals surface area contributed by atoms with Gasteiger partial charge < -0.3 is 10.6 Å². The Bertz CT molecular complexity index is 376. The van der Waals surface area contributed by atoms with Gasteiger partial charge in [0.2, 0.25) is 5.91 Å². The molecule has 5 heteroatoms. The van der Waals surface area contributed by atoms with Crippen LogP contribution in [-0.4, -0.2) is 28.9 Å². The third kappa shape index (κ3) is 3.78. The van der Waals surface area contributed by atoms with Gasteiger partial charge in [0.05, 0.1) is 17.6 Å². The lowest BCUT2D eigenvalue weighted by Gasteiger charge is -2.22. The maximum absolute atomic E-state index is 12.0. The third-order valence-electron chi connectivity index (χ3n) is 2.68. The summed E-state index contributed by atoms with van der Waals surface area (Å²) in [5.41, 5.74) is 5.84. The number of hydrogen-bond donors (Lipinski definition) is 1. The minimum Gasteiger partial charge on any atom is -0.339 e. The van der Waals surface area contributed by atoms with Gasteiger partial charge in [0, 0.05) is 18.1 Å². The molecule has 1 rings (SSSR count). The lowest BCUT2D eigenvalue weighted by Crippen LogP contribution is -2.44. The number of aryl methyl sites for hydroxylation is 1. The van der Waals surface area contributed by atoms with Crippen molar-refractivity contribution in [2.45, 2.75) is 39.8 Å². The van der Waals surface area contributed by atoms with E-state index >= 15 is 0 Å². The molecular weight excluding hydrogens is 234 g/mol. The van der Waals surface area contributed by atoms with Gasteiger partial charge in [-0.3, -0.25) is 4.79 Å². The smallest absolute Gasteiger partial charge is 0.239 e. The van der Waals surface area contributed by atoms with Crippen LogP contribution in [0.2, 0.25) is 0 Å². The highest BCUT2D eigenvalue weighted by atomic mass is 32.1. The van der Waals surface area contributed by atoms with E-state index in [4.69, 9.17) is 5.73 Å². The lowest BCUT2D eigenvalue weighted by molar-refractivity contribution is -0.132. The second-order valence-corrected chi connectivity index (χ2v) is 5.74. The van der Waals surface area contributed by atoms with Gasteiger partial charge in [0.1, 0.15) is 0 Å². The number of carbonyl (C=O) groups is 1. The standard InChI is InChI=1S/C12H21N3OS/c1-5-10-14-6-9(17-10)7-15(4)12(16)11(13)8(2)3/h6,8,11H,5,7,13H2,1-4H3/t11-/m0/s1. The molecule has 0 radical (unpaired) electrons. The first-order valence-electron chi connectivity index (χ1n) is 5.89. The number of carbonyl (C=O) groups excluding carboxylic acids is 1. The Morgan fingerprint density at radius 2 is 2.24 bits per heavy atom. The van der Waals surface area contributed by atoms with Gasteiger partial charge in [-0.1, -0.05) is 20.8 Å². The second-order valence-electron chi connectivity index (χ2n) is 4.54. The number of thiazole rings is 1. The Hall–Kier alpha value is -0.940. The summed E-state index contributed by atoms with van der Waals surface area (Å²) in [5, 5.41) is 1.11. The fourth-order valence-electron chi connectivity index (χ4n) is 1.44. The van der Waals surface area contributed by atoms with Crippen molar-refractivity contribution in [3.05, 3.63) is 16.1 Å². The molecule has 0 aliphatic rings. The van der Waals surface area contributed by atoms with Crippen LogP contribution in [0.4, 0.5) is 0 Å². The van der Waals surface area contributed by atoms with E-state index in [2.05, 4.69) is 11.9 Å². The maximum Gasteiger partial charge on any atom is 0.239 e. The molecule has 1 aromatic rings. The molecule has 0 aliphatic carbocycles. The highest BCUT2D eigenvalue weighted by Crippen LogP contribution is 2.15. The van der Waals surface area contributed by atoms with Crippen molar-refractivity contribution < 1.29 is 4.79 Å². The quantitative estimate of drug-likeness (QED) is 0.870. The summed E-state index contributed by atoms with van der Waals surface area (Å²) < 4.78 is 0. The van der Waals surface area contributed by atoms with Crippen molar-refractivity contribution in [3.8, 4) is 0 Å². The maximum atomic E-state index is 12.0. The number of hydrogen-bond acceptors (Lipinski definition) is 4. The number of rotatable bonds is 5. The fourth-order valence-corrected chi connectivity index (χ4v) is 2.35. The number of amides is 1. The highest BCUT2D eigenvalue weighted by molar-refractivity contribution is 7.11. The minimum atomic E-state index is -0.418. The summed E-state index contributed by atoms with van der Waals surface area (Å²) in [7, 11) is 1.79. The topological polar surface area (TPSA) is 59.2 Å². The summed E-state index contributed by atoms with van der Waals surface area (Å²) >= 11 is 1.65. The zero-order chi connectivity index (χ0) is 13.0. The van der Waals surface area contributed by atoms with Gasteiger partial charge in [0.25, 0.3) is 0 Å². The molecule has 0 saturated carbocycles. The molecule has 1 heterocycles. The Morgan fingerprint density at radius 3 is 2.71 bits per heavy atom. The van der Waals surface area contributed by atoms with E-state index in [1.54, 1.807) is 23.3 Å². The van der Waals surface area contributed by atoms with Crippen molar-refractivity contribution in [1.29, 1.82) is 0 Å². The molecule has 1 amide bonds. The molecule has 0 aliphatic heterocycles. The van der Waals surface area contributed by atoms with E-state index < -0.39 is 6.04 Å². The molecule has 17 heavy (non-hydrogen) atoms. The van der Waals surface area contributed by atoms with E-state index in [-0.39, 0.29) is 11.8 Å². The normalized spacial score (nSPS) is 12.8. The SMILES string of the molecule is CCc1ncc(CN(C)C(=O)[C@@H](N)C(C)C)s1. The largest absolute Gasteiger partial charge is 0.339 e. The average molecular weight is 255 g/mol. The molecule has 0 saturated heterocycles. The van der Waals surface area contributed by atoms with Crippen LogP contribution in [0.1, 0.15) is 30.7 Å². The van der Waals surface area contributed by atoms with Crippen LogP contribution in [0.25, 0.3) is 0 Å².